The van der Waals surface area contributed by atoms with E-state index in [1.807, 2.05) is 6.07 Å². The number of hydrogen-bond acceptors (Lipinski definition) is 5. The molecule has 0 saturated carbocycles. The highest BCUT2D eigenvalue weighted by molar-refractivity contribution is 6.04. The number of carbonyl (C=O) groups is 1. The molecule has 2 aromatic rings. The predicted molar refractivity (Wildman–Crippen MR) is 70.0 cm³/mol. The second-order valence-electron chi connectivity index (χ2n) is 3.89. The van der Waals surface area contributed by atoms with E-state index in [0.717, 1.165) is 12.1 Å². The summed E-state index contributed by atoms with van der Waals surface area (Å²) in [5, 5.41) is 21.5. The Bertz CT molecular complexity index is 753. The predicted octanol–water partition coefficient (Wildman–Crippen LogP) is 2.25. The molecule has 7 nitrogen and oxygen atoms in total. The molecule has 2 rings (SSSR count). The number of hydrogen-bond donors (Lipinski definition) is 1. The highest BCUT2D eigenvalue weighted by Gasteiger charge is 2.20. The van der Waals surface area contributed by atoms with Gasteiger partial charge in [-0.15, -0.1) is 0 Å². The van der Waals surface area contributed by atoms with Gasteiger partial charge in [0.15, 0.2) is 11.5 Å². The monoisotopic (exact) mass is 286 g/mol. The van der Waals surface area contributed by atoms with E-state index in [1.165, 1.54) is 24.4 Å². The minimum Gasteiger partial charge on any atom is -0.312 e. The van der Waals surface area contributed by atoms with Crippen molar-refractivity contribution in [2.75, 3.05) is 5.32 Å². The van der Waals surface area contributed by atoms with Crippen molar-refractivity contribution in [3.63, 3.8) is 0 Å². The molecule has 0 aliphatic heterocycles. The summed E-state index contributed by atoms with van der Waals surface area (Å²) >= 11 is 0. The Hall–Kier alpha value is -3.34. The number of nitrogens with one attached hydrogen (secondary N) is 1. The average molecular weight is 286 g/mol. The Kier molecular flexibility index (Phi) is 3.85. The van der Waals surface area contributed by atoms with Crippen molar-refractivity contribution < 1.29 is 14.1 Å². The quantitative estimate of drug-likeness (QED) is 0.687. The largest absolute Gasteiger partial charge is 0.312 e. The normalized spacial score (nSPS) is 9.71. The first-order valence-corrected chi connectivity index (χ1v) is 5.63. The number of amides is 1. The molecule has 0 spiro atoms. The lowest BCUT2D eigenvalue weighted by molar-refractivity contribution is -0.384. The van der Waals surface area contributed by atoms with Crippen LogP contribution in [0.4, 0.5) is 15.8 Å². The summed E-state index contributed by atoms with van der Waals surface area (Å²) in [5.74, 6) is -1.74. The lowest BCUT2D eigenvalue weighted by Gasteiger charge is -2.06. The maximum absolute atomic E-state index is 13.6. The number of aromatic nitrogens is 1. The minimum atomic E-state index is -0.925. The number of benzene rings is 1. The molecule has 0 saturated heterocycles. The van der Waals surface area contributed by atoms with Gasteiger partial charge in [0, 0.05) is 12.3 Å². The number of nitrogens with zero attached hydrogens (tertiary/aromatic N) is 3. The molecular formula is C13H7FN4O3. The van der Waals surface area contributed by atoms with Gasteiger partial charge in [-0.1, -0.05) is 6.07 Å². The summed E-state index contributed by atoms with van der Waals surface area (Å²) in [6.45, 7) is 0. The van der Waals surface area contributed by atoms with E-state index in [1.54, 1.807) is 0 Å². The van der Waals surface area contributed by atoms with Gasteiger partial charge in [-0.3, -0.25) is 14.9 Å². The Labute approximate surface area is 117 Å². The van der Waals surface area contributed by atoms with Crippen molar-refractivity contribution in [3.8, 4) is 6.07 Å². The Morgan fingerprint density at radius 3 is 2.71 bits per heavy atom. The molecule has 1 aromatic heterocycles. The second-order valence-corrected chi connectivity index (χ2v) is 3.89. The zero-order valence-electron chi connectivity index (χ0n) is 10.4. The van der Waals surface area contributed by atoms with Crippen molar-refractivity contribution in [2.45, 2.75) is 0 Å². The zero-order valence-corrected chi connectivity index (χ0v) is 10.4. The summed E-state index contributed by atoms with van der Waals surface area (Å²) in [4.78, 5) is 25.6. The molecule has 0 unspecified atom stereocenters. The van der Waals surface area contributed by atoms with Crippen molar-refractivity contribution in [3.05, 3.63) is 63.7 Å². The first-order valence-electron chi connectivity index (χ1n) is 5.63. The Morgan fingerprint density at radius 2 is 2.14 bits per heavy atom. The molecule has 104 valence electrons. The molecule has 0 radical (unpaired) electrons. The van der Waals surface area contributed by atoms with Gasteiger partial charge in [0.1, 0.15) is 11.8 Å². The fourth-order valence-electron chi connectivity index (χ4n) is 1.56. The van der Waals surface area contributed by atoms with E-state index >= 15 is 0 Å². The standard InChI is InChI=1S/C13H7FN4O3/c14-9-2-1-3-11(18(20)21)12(9)17-13(19)10-5-4-8(6-15)7-16-10/h1-5,7H,(H,17,19). The number of pyridine rings is 1. The summed E-state index contributed by atoms with van der Waals surface area (Å²) in [6, 6.07) is 7.69. The van der Waals surface area contributed by atoms with E-state index in [4.69, 9.17) is 5.26 Å². The molecule has 1 amide bonds. The Balaban J connectivity index is 2.31. The van der Waals surface area contributed by atoms with Crippen molar-refractivity contribution >= 4 is 17.3 Å². The number of nitriles is 1. The Morgan fingerprint density at radius 1 is 1.38 bits per heavy atom. The third kappa shape index (κ3) is 2.98. The molecule has 0 fully saturated rings. The first kappa shape index (κ1) is 14.1. The first-order chi connectivity index (χ1) is 10.0. The van der Waals surface area contributed by atoms with Gasteiger partial charge in [0.25, 0.3) is 11.6 Å². The van der Waals surface area contributed by atoms with E-state index in [-0.39, 0.29) is 11.3 Å². The molecule has 21 heavy (non-hydrogen) atoms. The van der Waals surface area contributed by atoms with E-state index < -0.39 is 28.0 Å². The lowest BCUT2D eigenvalue weighted by atomic mass is 10.2. The third-order valence-electron chi connectivity index (χ3n) is 2.55. The summed E-state index contributed by atoms with van der Waals surface area (Å²) in [6.07, 6.45) is 1.17. The molecule has 1 aromatic carbocycles. The smallest absolute Gasteiger partial charge is 0.295 e. The molecule has 0 aliphatic rings. The van der Waals surface area contributed by atoms with Gasteiger partial charge in [0.05, 0.1) is 10.5 Å². The van der Waals surface area contributed by atoms with Gasteiger partial charge < -0.3 is 5.32 Å². The van der Waals surface area contributed by atoms with Crippen molar-refractivity contribution in [1.82, 2.24) is 4.98 Å². The third-order valence-corrected chi connectivity index (χ3v) is 2.55. The SMILES string of the molecule is N#Cc1ccc(C(=O)Nc2c(F)cccc2[N+](=O)[O-])nc1. The van der Waals surface area contributed by atoms with Crippen LogP contribution in [0.3, 0.4) is 0 Å². The zero-order chi connectivity index (χ0) is 15.4. The second kappa shape index (κ2) is 5.75. The van der Waals surface area contributed by atoms with Crippen LogP contribution >= 0.6 is 0 Å². The number of anilines is 1. The van der Waals surface area contributed by atoms with Crippen molar-refractivity contribution in [2.24, 2.45) is 0 Å². The van der Waals surface area contributed by atoms with Crippen LogP contribution in [0, 0.1) is 27.3 Å². The van der Waals surface area contributed by atoms with Gasteiger partial charge in [-0.25, -0.2) is 9.37 Å². The maximum atomic E-state index is 13.6. The highest BCUT2D eigenvalue weighted by atomic mass is 19.1. The number of nitro groups is 1. The average Bonchev–Trinajstić information content (AvgIpc) is 2.49. The molecule has 0 aliphatic carbocycles. The van der Waals surface area contributed by atoms with Crippen LogP contribution in [0.15, 0.2) is 36.5 Å². The van der Waals surface area contributed by atoms with Crippen LogP contribution in [0.2, 0.25) is 0 Å². The van der Waals surface area contributed by atoms with Crippen LogP contribution in [0.25, 0.3) is 0 Å². The van der Waals surface area contributed by atoms with Crippen LogP contribution in [0.5, 0.6) is 0 Å². The molecule has 0 bridgehead atoms. The topological polar surface area (TPSA) is 109 Å². The highest BCUT2D eigenvalue weighted by Crippen LogP contribution is 2.27. The van der Waals surface area contributed by atoms with Gasteiger partial charge in [-0.05, 0) is 18.2 Å². The molecule has 1 N–H and O–H groups in total. The molecule has 8 heteroatoms. The summed E-state index contributed by atoms with van der Waals surface area (Å²) < 4.78 is 13.6. The number of para-hydroxylation sites is 1. The number of halogens is 1. The van der Waals surface area contributed by atoms with Gasteiger partial charge >= 0.3 is 0 Å². The number of nitro benzene ring substituents is 1. The van der Waals surface area contributed by atoms with E-state index in [2.05, 4.69) is 10.3 Å². The lowest BCUT2D eigenvalue weighted by Crippen LogP contribution is -2.15. The van der Waals surface area contributed by atoms with Crippen LogP contribution in [-0.2, 0) is 0 Å². The summed E-state index contributed by atoms with van der Waals surface area (Å²) in [7, 11) is 0. The molecule has 0 atom stereocenters. The summed E-state index contributed by atoms with van der Waals surface area (Å²) in [5.41, 5.74) is -0.925. The van der Waals surface area contributed by atoms with Crippen LogP contribution in [0.1, 0.15) is 16.1 Å². The fourth-order valence-corrected chi connectivity index (χ4v) is 1.56. The van der Waals surface area contributed by atoms with Crippen molar-refractivity contribution in [1.29, 1.82) is 5.26 Å². The van der Waals surface area contributed by atoms with Gasteiger partial charge in [-0.2, -0.15) is 5.26 Å². The maximum Gasteiger partial charge on any atom is 0.295 e. The number of rotatable bonds is 3. The van der Waals surface area contributed by atoms with E-state index in [0.29, 0.717) is 0 Å². The number of carbonyl (C=O) groups excluding carboxylic acids is 1. The van der Waals surface area contributed by atoms with Crippen LogP contribution in [-0.4, -0.2) is 15.8 Å². The molecule has 1 heterocycles. The minimum absolute atomic E-state index is 0.0912. The fraction of sp³-hybridized carbons (Fsp3) is 0. The van der Waals surface area contributed by atoms with E-state index in [9.17, 15) is 19.3 Å². The van der Waals surface area contributed by atoms with Gasteiger partial charge in [0.2, 0.25) is 0 Å². The molecular weight excluding hydrogens is 279 g/mol. The van der Waals surface area contributed by atoms with Crippen LogP contribution < -0.4 is 5.32 Å².